The molecule has 0 bridgehead atoms. The molecule has 3 nitrogen and oxygen atoms in total. The molecule has 0 fully saturated rings. The van der Waals surface area contributed by atoms with Crippen LogP contribution >= 0.6 is 0 Å². The SMILES string of the molecule is O=S(=O)(F)OC(F)(F)C(=C(F)F)C(F)(F)F. The average molecular weight is 280 g/mol. The third-order valence-corrected chi connectivity index (χ3v) is 1.38. The van der Waals surface area contributed by atoms with Gasteiger partial charge in [-0.2, -0.15) is 43.3 Å². The first-order valence-corrected chi connectivity index (χ1v) is 4.24. The number of rotatable bonds is 3. The topological polar surface area (TPSA) is 43.4 Å². The Bertz CT molecular complexity index is 388. The van der Waals surface area contributed by atoms with Crippen LogP contribution in [-0.2, 0) is 14.7 Å². The zero-order chi connectivity index (χ0) is 13.4. The quantitative estimate of drug-likeness (QED) is 0.589. The Labute approximate surface area is 82.7 Å². The summed E-state index contributed by atoms with van der Waals surface area (Å²) in [5, 5.41) is 0. The van der Waals surface area contributed by atoms with Crippen molar-refractivity contribution >= 4 is 10.5 Å². The Kier molecular flexibility index (Phi) is 3.92. The fourth-order valence-electron chi connectivity index (χ4n) is 0.549. The molecule has 0 heterocycles. The molecule has 0 aliphatic carbocycles. The van der Waals surface area contributed by atoms with Gasteiger partial charge < -0.3 is 0 Å². The number of halogens is 8. The van der Waals surface area contributed by atoms with Crippen molar-refractivity contribution in [2.24, 2.45) is 0 Å². The summed E-state index contributed by atoms with van der Waals surface area (Å²) < 4.78 is 115. The summed E-state index contributed by atoms with van der Waals surface area (Å²) in [7, 11) is -6.54. The van der Waals surface area contributed by atoms with E-state index >= 15 is 0 Å². The first kappa shape index (κ1) is 15.1. The average Bonchev–Trinajstić information content (AvgIpc) is 1.70. The van der Waals surface area contributed by atoms with Crippen LogP contribution in [0.5, 0.6) is 0 Å². The van der Waals surface area contributed by atoms with Gasteiger partial charge in [0.15, 0.2) is 5.57 Å². The highest BCUT2D eigenvalue weighted by Gasteiger charge is 2.57. The highest BCUT2D eigenvalue weighted by molar-refractivity contribution is 7.81. The fraction of sp³-hybridized carbons (Fsp3) is 0.500. The molecule has 12 heteroatoms. The zero-order valence-corrected chi connectivity index (χ0v) is 7.47. The smallest absolute Gasteiger partial charge is 0.173 e. The molecule has 0 atom stereocenters. The van der Waals surface area contributed by atoms with Crippen LogP contribution < -0.4 is 0 Å². The van der Waals surface area contributed by atoms with Crippen molar-refractivity contribution in [3.05, 3.63) is 11.7 Å². The van der Waals surface area contributed by atoms with E-state index in [9.17, 15) is 43.0 Å². The van der Waals surface area contributed by atoms with Gasteiger partial charge in [0.25, 0.3) is 6.08 Å². The van der Waals surface area contributed by atoms with Crippen LogP contribution in [0.1, 0.15) is 0 Å². The monoisotopic (exact) mass is 280 g/mol. The largest absolute Gasteiger partial charge is 0.442 e. The standard InChI is InChI=1S/C4F8O3S/c5-2(6)1(3(7,8)9)4(10,11)15-16(12,13)14. The van der Waals surface area contributed by atoms with Crippen molar-refractivity contribution in [2.75, 3.05) is 0 Å². The summed E-state index contributed by atoms with van der Waals surface area (Å²) in [6.45, 7) is 0. The fourth-order valence-corrected chi connectivity index (χ4v) is 0.882. The van der Waals surface area contributed by atoms with Gasteiger partial charge in [-0.15, -0.1) is 0 Å². The van der Waals surface area contributed by atoms with E-state index < -0.39 is 34.4 Å². The van der Waals surface area contributed by atoms with E-state index in [1.807, 2.05) is 4.18 Å². The maximum absolute atomic E-state index is 12.2. The lowest BCUT2D eigenvalue weighted by molar-refractivity contribution is -0.201. The van der Waals surface area contributed by atoms with Crippen molar-refractivity contribution in [1.82, 2.24) is 0 Å². The lowest BCUT2D eigenvalue weighted by Gasteiger charge is -2.18. The molecule has 0 unspecified atom stereocenters. The molecule has 0 aliphatic heterocycles. The lowest BCUT2D eigenvalue weighted by Crippen LogP contribution is -2.34. The minimum absolute atomic E-state index is 1.99. The lowest BCUT2D eigenvalue weighted by atomic mass is 10.2. The van der Waals surface area contributed by atoms with Crippen molar-refractivity contribution in [2.45, 2.75) is 12.3 Å². The minimum atomic E-state index is -6.54. The van der Waals surface area contributed by atoms with Crippen LogP contribution in [-0.4, -0.2) is 20.7 Å². The molecule has 0 aliphatic rings. The predicted octanol–water partition coefficient (Wildman–Crippen LogP) is 2.52. The van der Waals surface area contributed by atoms with E-state index in [0.717, 1.165) is 0 Å². The Morgan fingerprint density at radius 3 is 1.56 bits per heavy atom. The van der Waals surface area contributed by atoms with Gasteiger partial charge in [-0.3, -0.25) is 0 Å². The van der Waals surface area contributed by atoms with Gasteiger partial charge in [-0.1, -0.05) is 3.89 Å². The molecule has 0 aromatic rings. The highest BCUT2D eigenvalue weighted by atomic mass is 32.3. The highest BCUT2D eigenvalue weighted by Crippen LogP contribution is 2.42. The van der Waals surface area contributed by atoms with Crippen LogP contribution in [0.2, 0.25) is 0 Å². The summed E-state index contributed by atoms with van der Waals surface area (Å²) in [6, 6.07) is 0. The van der Waals surface area contributed by atoms with E-state index in [-0.39, 0.29) is 0 Å². The molecular weight excluding hydrogens is 280 g/mol. The van der Waals surface area contributed by atoms with Crippen molar-refractivity contribution in [3.63, 3.8) is 0 Å². The second-order valence-electron chi connectivity index (χ2n) is 2.13. The van der Waals surface area contributed by atoms with Gasteiger partial charge in [0, 0.05) is 0 Å². The first-order valence-electron chi connectivity index (χ1n) is 2.93. The van der Waals surface area contributed by atoms with Gasteiger partial charge >= 0.3 is 22.8 Å². The molecule has 0 N–H and O–H groups in total. The second kappa shape index (κ2) is 4.16. The first-order chi connectivity index (χ1) is 6.77. The molecule has 0 spiro atoms. The molecule has 0 saturated carbocycles. The second-order valence-corrected chi connectivity index (χ2v) is 3.08. The van der Waals surface area contributed by atoms with E-state index in [2.05, 4.69) is 0 Å². The zero-order valence-electron chi connectivity index (χ0n) is 6.66. The molecule has 96 valence electrons. The third-order valence-electron chi connectivity index (χ3n) is 0.968. The molecular formula is C4F8O3S. The Balaban J connectivity index is 5.52. The molecule has 16 heavy (non-hydrogen) atoms. The van der Waals surface area contributed by atoms with Gasteiger partial charge in [-0.05, 0) is 0 Å². The van der Waals surface area contributed by atoms with Crippen LogP contribution in [0, 0.1) is 0 Å². The molecule has 0 amide bonds. The van der Waals surface area contributed by atoms with Crippen LogP contribution in [0.25, 0.3) is 0 Å². The van der Waals surface area contributed by atoms with E-state index in [1.165, 1.54) is 0 Å². The van der Waals surface area contributed by atoms with E-state index in [4.69, 9.17) is 0 Å². The molecule has 0 radical (unpaired) electrons. The maximum Gasteiger partial charge on any atom is 0.442 e. The summed E-state index contributed by atoms with van der Waals surface area (Å²) in [5.41, 5.74) is -3.89. The normalized spacial score (nSPS) is 13.8. The number of alkyl halides is 5. The van der Waals surface area contributed by atoms with Crippen molar-refractivity contribution < 1.29 is 47.2 Å². The maximum atomic E-state index is 12.2. The Morgan fingerprint density at radius 1 is 1.00 bits per heavy atom. The van der Waals surface area contributed by atoms with E-state index in [1.54, 1.807) is 0 Å². The predicted molar refractivity (Wildman–Crippen MR) is 31.4 cm³/mol. The Morgan fingerprint density at radius 2 is 1.38 bits per heavy atom. The Hall–Kier alpha value is -0.910. The van der Waals surface area contributed by atoms with E-state index in [0.29, 0.717) is 0 Å². The molecule has 0 aromatic heterocycles. The number of hydrogen-bond acceptors (Lipinski definition) is 3. The van der Waals surface area contributed by atoms with Gasteiger partial charge in [-0.25, -0.2) is 0 Å². The van der Waals surface area contributed by atoms with Crippen LogP contribution in [0.3, 0.4) is 0 Å². The summed E-state index contributed by atoms with van der Waals surface area (Å²) in [5.74, 6) is 0. The summed E-state index contributed by atoms with van der Waals surface area (Å²) in [4.78, 5) is 0. The van der Waals surface area contributed by atoms with Crippen LogP contribution in [0.15, 0.2) is 11.7 Å². The van der Waals surface area contributed by atoms with Crippen LogP contribution in [0.4, 0.5) is 34.6 Å². The molecule has 0 aromatic carbocycles. The van der Waals surface area contributed by atoms with Gasteiger partial charge in [0.1, 0.15) is 0 Å². The number of hydrogen-bond donors (Lipinski definition) is 0. The summed E-state index contributed by atoms with van der Waals surface area (Å²) in [6.07, 6.45) is -16.3. The summed E-state index contributed by atoms with van der Waals surface area (Å²) >= 11 is 0. The third kappa shape index (κ3) is 4.30. The van der Waals surface area contributed by atoms with Gasteiger partial charge in [0.2, 0.25) is 0 Å². The van der Waals surface area contributed by atoms with Crippen molar-refractivity contribution in [3.8, 4) is 0 Å². The van der Waals surface area contributed by atoms with Crippen molar-refractivity contribution in [1.29, 1.82) is 0 Å². The molecule has 0 saturated heterocycles. The molecule has 0 rings (SSSR count). The minimum Gasteiger partial charge on any atom is -0.173 e. The van der Waals surface area contributed by atoms with Gasteiger partial charge in [0.05, 0.1) is 0 Å².